The molecular formula is C16H26O3. The van der Waals surface area contributed by atoms with Crippen molar-refractivity contribution in [3.63, 3.8) is 0 Å². The van der Waals surface area contributed by atoms with Crippen LogP contribution in [0.1, 0.15) is 53.4 Å². The molecule has 108 valence electrons. The predicted octanol–water partition coefficient (Wildman–Crippen LogP) is 3.79. The Morgan fingerprint density at radius 1 is 1.37 bits per heavy atom. The molecule has 0 atom stereocenters. The Morgan fingerprint density at radius 3 is 2.63 bits per heavy atom. The monoisotopic (exact) mass is 266 g/mol. The lowest BCUT2D eigenvalue weighted by Crippen LogP contribution is -2.26. The molecule has 3 nitrogen and oxygen atoms in total. The molecule has 0 fully saturated rings. The average Bonchev–Trinajstić information content (AvgIpc) is 2.33. The summed E-state index contributed by atoms with van der Waals surface area (Å²) in [4.78, 5) is 12.1. The molecule has 0 heterocycles. The molecule has 0 saturated carbocycles. The Morgan fingerprint density at radius 2 is 2.11 bits per heavy atom. The number of hydrogen-bond acceptors (Lipinski definition) is 3. The minimum Gasteiger partial charge on any atom is -0.457 e. The van der Waals surface area contributed by atoms with Crippen molar-refractivity contribution in [2.75, 3.05) is 13.2 Å². The molecule has 0 aromatic carbocycles. The summed E-state index contributed by atoms with van der Waals surface area (Å²) in [5.41, 5.74) is 1.38. The van der Waals surface area contributed by atoms with E-state index in [-0.39, 0.29) is 5.97 Å². The first kappa shape index (κ1) is 16.0. The number of esters is 1. The Bertz CT molecular complexity index is 359. The molecule has 0 radical (unpaired) electrons. The van der Waals surface area contributed by atoms with E-state index in [1.165, 1.54) is 18.4 Å². The summed E-state index contributed by atoms with van der Waals surface area (Å²) in [7, 11) is 0. The maximum absolute atomic E-state index is 12.1. The molecule has 0 bridgehead atoms. The minimum atomic E-state index is -0.469. The lowest BCUT2D eigenvalue weighted by atomic mass is 9.98. The number of carbonyl (C=O) groups is 1. The van der Waals surface area contributed by atoms with Gasteiger partial charge in [-0.05, 0) is 59.5 Å². The molecule has 1 aliphatic rings. The highest BCUT2D eigenvalue weighted by atomic mass is 16.6. The van der Waals surface area contributed by atoms with E-state index in [9.17, 15) is 4.79 Å². The van der Waals surface area contributed by atoms with E-state index in [0.29, 0.717) is 18.8 Å². The van der Waals surface area contributed by atoms with Crippen molar-refractivity contribution in [3.05, 3.63) is 23.3 Å². The lowest BCUT2D eigenvalue weighted by Gasteiger charge is -2.21. The van der Waals surface area contributed by atoms with Crippen molar-refractivity contribution >= 4 is 5.97 Å². The fourth-order valence-corrected chi connectivity index (χ4v) is 1.93. The van der Waals surface area contributed by atoms with Gasteiger partial charge in [-0.1, -0.05) is 11.6 Å². The second-order valence-electron chi connectivity index (χ2n) is 5.83. The van der Waals surface area contributed by atoms with E-state index in [4.69, 9.17) is 9.47 Å². The number of allylic oxidation sites excluding steroid dienone is 3. The molecule has 0 aromatic heterocycles. The number of ether oxygens (including phenoxy) is 2. The molecule has 0 saturated heterocycles. The van der Waals surface area contributed by atoms with Crippen molar-refractivity contribution in [2.24, 2.45) is 0 Å². The SMILES string of the molecule is CCOCC(=CC1=CCCCC1)C(=O)OC(C)(C)C. The Balaban J connectivity index is 2.78. The molecule has 3 heteroatoms. The zero-order valence-electron chi connectivity index (χ0n) is 12.6. The van der Waals surface area contributed by atoms with E-state index in [2.05, 4.69) is 6.08 Å². The Labute approximate surface area is 116 Å². The second kappa shape index (κ2) is 7.49. The highest BCUT2D eigenvalue weighted by Gasteiger charge is 2.20. The van der Waals surface area contributed by atoms with Crippen LogP contribution in [-0.2, 0) is 14.3 Å². The summed E-state index contributed by atoms with van der Waals surface area (Å²) in [6, 6.07) is 0. The van der Waals surface area contributed by atoms with Gasteiger partial charge in [0.1, 0.15) is 5.60 Å². The molecule has 0 aromatic rings. The third-order valence-electron chi connectivity index (χ3n) is 2.81. The van der Waals surface area contributed by atoms with Crippen LogP contribution in [0, 0.1) is 0 Å². The zero-order chi connectivity index (χ0) is 14.3. The molecule has 0 unspecified atom stereocenters. The minimum absolute atomic E-state index is 0.271. The Kier molecular flexibility index (Phi) is 6.29. The second-order valence-corrected chi connectivity index (χ2v) is 5.83. The lowest BCUT2D eigenvalue weighted by molar-refractivity contribution is -0.150. The first-order valence-corrected chi connectivity index (χ1v) is 7.13. The van der Waals surface area contributed by atoms with E-state index < -0.39 is 5.60 Å². The van der Waals surface area contributed by atoms with Gasteiger partial charge in [-0.25, -0.2) is 4.79 Å². The smallest absolute Gasteiger partial charge is 0.336 e. The highest BCUT2D eigenvalue weighted by Crippen LogP contribution is 2.21. The van der Waals surface area contributed by atoms with E-state index in [1.807, 2.05) is 33.8 Å². The molecule has 1 aliphatic carbocycles. The van der Waals surface area contributed by atoms with Crippen LogP contribution < -0.4 is 0 Å². The van der Waals surface area contributed by atoms with Crippen molar-refractivity contribution in [1.29, 1.82) is 0 Å². The predicted molar refractivity (Wildman–Crippen MR) is 77.0 cm³/mol. The van der Waals surface area contributed by atoms with Crippen LogP contribution >= 0.6 is 0 Å². The quantitative estimate of drug-likeness (QED) is 0.561. The summed E-state index contributed by atoms with van der Waals surface area (Å²) in [5, 5.41) is 0. The highest BCUT2D eigenvalue weighted by molar-refractivity contribution is 5.89. The van der Waals surface area contributed by atoms with Gasteiger partial charge in [0.25, 0.3) is 0 Å². The fourth-order valence-electron chi connectivity index (χ4n) is 1.93. The van der Waals surface area contributed by atoms with Gasteiger partial charge in [0, 0.05) is 6.61 Å². The van der Waals surface area contributed by atoms with Crippen molar-refractivity contribution in [2.45, 2.75) is 59.0 Å². The molecular weight excluding hydrogens is 240 g/mol. The number of carbonyl (C=O) groups excluding carboxylic acids is 1. The number of hydrogen-bond donors (Lipinski definition) is 0. The van der Waals surface area contributed by atoms with E-state index in [0.717, 1.165) is 12.8 Å². The zero-order valence-corrected chi connectivity index (χ0v) is 12.6. The van der Waals surface area contributed by atoms with Gasteiger partial charge in [-0.15, -0.1) is 0 Å². The number of rotatable bonds is 5. The topological polar surface area (TPSA) is 35.5 Å². The van der Waals surface area contributed by atoms with Gasteiger partial charge in [-0.3, -0.25) is 0 Å². The summed E-state index contributed by atoms with van der Waals surface area (Å²) < 4.78 is 10.8. The van der Waals surface area contributed by atoms with Crippen LogP contribution in [0.25, 0.3) is 0 Å². The first-order valence-electron chi connectivity index (χ1n) is 7.13. The van der Waals surface area contributed by atoms with Crippen LogP contribution in [0.4, 0.5) is 0 Å². The largest absolute Gasteiger partial charge is 0.457 e. The fraction of sp³-hybridized carbons (Fsp3) is 0.688. The van der Waals surface area contributed by atoms with Crippen LogP contribution in [0.5, 0.6) is 0 Å². The summed E-state index contributed by atoms with van der Waals surface area (Å²) >= 11 is 0. The Hall–Kier alpha value is -1.09. The average molecular weight is 266 g/mol. The van der Waals surface area contributed by atoms with Crippen molar-refractivity contribution in [1.82, 2.24) is 0 Å². The third-order valence-corrected chi connectivity index (χ3v) is 2.81. The van der Waals surface area contributed by atoms with Gasteiger partial charge in [-0.2, -0.15) is 0 Å². The van der Waals surface area contributed by atoms with Crippen LogP contribution in [0.3, 0.4) is 0 Å². The summed E-state index contributed by atoms with van der Waals surface area (Å²) in [6.07, 6.45) is 8.73. The van der Waals surface area contributed by atoms with E-state index >= 15 is 0 Å². The van der Waals surface area contributed by atoms with Gasteiger partial charge in [0.15, 0.2) is 0 Å². The molecule has 0 spiro atoms. The maximum Gasteiger partial charge on any atom is 0.336 e. The maximum atomic E-state index is 12.1. The normalized spacial score (nSPS) is 17.1. The van der Waals surface area contributed by atoms with Crippen LogP contribution in [0.15, 0.2) is 23.3 Å². The van der Waals surface area contributed by atoms with Crippen molar-refractivity contribution < 1.29 is 14.3 Å². The molecule has 0 N–H and O–H groups in total. The van der Waals surface area contributed by atoms with Crippen molar-refractivity contribution in [3.8, 4) is 0 Å². The molecule has 0 aliphatic heterocycles. The van der Waals surface area contributed by atoms with Gasteiger partial charge < -0.3 is 9.47 Å². The molecule has 0 amide bonds. The standard InChI is InChI=1S/C16H26O3/c1-5-18-12-14(15(17)19-16(2,3)4)11-13-9-7-6-8-10-13/h9,11H,5-8,10,12H2,1-4H3. The van der Waals surface area contributed by atoms with Gasteiger partial charge in [0.05, 0.1) is 12.2 Å². The van der Waals surface area contributed by atoms with Gasteiger partial charge >= 0.3 is 5.97 Å². The first-order chi connectivity index (χ1) is 8.92. The summed E-state index contributed by atoms with van der Waals surface area (Å²) in [5.74, 6) is -0.271. The third kappa shape index (κ3) is 6.58. The van der Waals surface area contributed by atoms with Crippen LogP contribution in [-0.4, -0.2) is 24.8 Å². The molecule has 1 rings (SSSR count). The van der Waals surface area contributed by atoms with Crippen LogP contribution in [0.2, 0.25) is 0 Å². The van der Waals surface area contributed by atoms with Gasteiger partial charge in [0.2, 0.25) is 0 Å². The van der Waals surface area contributed by atoms with E-state index in [1.54, 1.807) is 0 Å². The summed E-state index contributed by atoms with van der Waals surface area (Å²) in [6.45, 7) is 8.48. The molecule has 19 heavy (non-hydrogen) atoms.